The summed E-state index contributed by atoms with van der Waals surface area (Å²) in [5, 5.41) is 2.94. The Labute approximate surface area is 106 Å². The summed E-state index contributed by atoms with van der Waals surface area (Å²) in [4.78, 5) is 19.9. The summed E-state index contributed by atoms with van der Waals surface area (Å²) in [7, 11) is 0. The van der Waals surface area contributed by atoms with Crippen LogP contribution >= 0.6 is 11.6 Å². The fourth-order valence-electron chi connectivity index (χ4n) is 1.47. The summed E-state index contributed by atoms with van der Waals surface area (Å²) in [6, 6.07) is 1.63. The molecule has 1 aromatic rings. The number of carbonyl (C=O) groups is 1. The molecule has 0 bridgehead atoms. The van der Waals surface area contributed by atoms with Crippen molar-refractivity contribution >= 4 is 23.5 Å². The second kappa shape index (κ2) is 5.93. The molecule has 1 amide bonds. The van der Waals surface area contributed by atoms with Crippen LogP contribution in [-0.4, -0.2) is 22.4 Å². The van der Waals surface area contributed by atoms with Gasteiger partial charge in [0.25, 0.3) is 0 Å². The molecule has 0 aliphatic heterocycles. The predicted octanol–water partition coefficient (Wildman–Crippen LogP) is 1.61. The van der Waals surface area contributed by atoms with Crippen molar-refractivity contribution < 1.29 is 4.79 Å². The molecule has 94 valence electrons. The van der Waals surface area contributed by atoms with Crippen LogP contribution in [0, 0.1) is 18.8 Å². The van der Waals surface area contributed by atoms with E-state index in [9.17, 15) is 4.79 Å². The topological polar surface area (TPSA) is 80.9 Å². The van der Waals surface area contributed by atoms with Gasteiger partial charge in [0.05, 0.1) is 5.92 Å². The third kappa shape index (κ3) is 3.94. The maximum atomic E-state index is 11.9. The summed E-state index contributed by atoms with van der Waals surface area (Å²) < 4.78 is 0. The van der Waals surface area contributed by atoms with Crippen LogP contribution < -0.4 is 11.1 Å². The first-order chi connectivity index (χ1) is 7.93. The SMILES string of the molecule is Cc1cc(Cl)nc(NC(=O)C(CN)C(C)C)n1. The van der Waals surface area contributed by atoms with Crippen LogP contribution in [-0.2, 0) is 4.79 Å². The molecule has 17 heavy (non-hydrogen) atoms. The summed E-state index contributed by atoms with van der Waals surface area (Å²) >= 11 is 5.78. The number of nitrogens with one attached hydrogen (secondary N) is 1. The number of amides is 1. The highest BCUT2D eigenvalue weighted by Gasteiger charge is 2.21. The standard InChI is InChI=1S/C11H17ClN4O/c1-6(2)8(5-13)10(17)16-11-14-7(3)4-9(12)15-11/h4,6,8H,5,13H2,1-3H3,(H,14,15,16,17). The largest absolute Gasteiger partial charge is 0.330 e. The van der Waals surface area contributed by atoms with E-state index in [1.165, 1.54) is 0 Å². The fourth-order valence-corrected chi connectivity index (χ4v) is 1.71. The van der Waals surface area contributed by atoms with E-state index in [4.69, 9.17) is 17.3 Å². The first-order valence-electron chi connectivity index (χ1n) is 5.46. The van der Waals surface area contributed by atoms with Gasteiger partial charge in [-0.2, -0.15) is 0 Å². The molecule has 0 saturated heterocycles. The first kappa shape index (κ1) is 13.9. The third-order valence-corrected chi connectivity index (χ3v) is 2.65. The Morgan fingerprint density at radius 1 is 1.53 bits per heavy atom. The van der Waals surface area contributed by atoms with Gasteiger partial charge in [0.15, 0.2) is 0 Å². The second-order valence-electron chi connectivity index (χ2n) is 4.23. The molecule has 6 heteroatoms. The molecule has 1 rings (SSSR count). The van der Waals surface area contributed by atoms with Crippen LogP contribution in [0.15, 0.2) is 6.07 Å². The molecular formula is C11H17ClN4O. The smallest absolute Gasteiger partial charge is 0.231 e. The third-order valence-electron chi connectivity index (χ3n) is 2.45. The molecule has 5 nitrogen and oxygen atoms in total. The minimum absolute atomic E-state index is 0.167. The molecule has 1 atom stereocenters. The molecule has 0 aromatic carbocycles. The zero-order valence-corrected chi connectivity index (χ0v) is 11.0. The number of nitrogens with two attached hydrogens (primary N) is 1. The highest BCUT2D eigenvalue weighted by atomic mass is 35.5. The molecule has 0 fully saturated rings. The van der Waals surface area contributed by atoms with Gasteiger partial charge in [-0.3, -0.25) is 10.1 Å². The maximum Gasteiger partial charge on any atom is 0.231 e. The minimum atomic E-state index is -0.252. The summed E-state index contributed by atoms with van der Waals surface area (Å²) in [5.74, 6) is -0.0403. The number of nitrogens with zero attached hydrogens (tertiary/aromatic N) is 2. The molecule has 0 saturated carbocycles. The highest BCUT2D eigenvalue weighted by Crippen LogP contribution is 2.14. The van der Waals surface area contributed by atoms with Gasteiger partial charge in [-0.1, -0.05) is 25.4 Å². The number of carbonyl (C=O) groups excluding carboxylic acids is 1. The van der Waals surface area contributed by atoms with Crippen LogP contribution in [0.2, 0.25) is 5.15 Å². The molecule has 1 unspecified atom stereocenters. The number of anilines is 1. The Balaban J connectivity index is 2.80. The number of halogens is 1. The second-order valence-corrected chi connectivity index (χ2v) is 4.62. The minimum Gasteiger partial charge on any atom is -0.330 e. The Hall–Kier alpha value is -1.20. The predicted molar refractivity (Wildman–Crippen MR) is 67.8 cm³/mol. The molecule has 0 aliphatic carbocycles. The van der Waals surface area contributed by atoms with E-state index in [1.807, 2.05) is 13.8 Å². The monoisotopic (exact) mass is 256 g/mol. The van der Waals surface area contributed by atoms with Gasteiger partial charge in [-0.05, 0) is 18.9 Å². The lowest BCUT2D eigenvalue weighted by Crippen LogP contribution is -2.33. The van der Waals surface area contributed by atoms with Crippen molar-refractivity contribution in [2.24, 2.45) is 17.6 Å². The average molecular weight is 257 g/mol. The summed E-state index contributed by atoms with van der Waals surface area (Å²) in [6.45, 7) is 5.97. The number of hydrogen-bond donors (Lipinski definition) is 2. The van der Waals surface area contributed by atoms with Gasteiger partial charge in [0, 0.05) is 12.2 Å². The highest BCUT2D eigenvalue weighted by molar-refractivity contribution is 6.29. The quantitative estimate of drug-likeness (QED) is 0.802. The average Bonchev–Trinajstić information content (AvgIpc) is 2.15. The number of aryl methyl sites for hydroxylation is 1. The van der Waals surface area contributed by atoms with E-state index in [1.54, 1.807) is 13.0 Å². The molecule has 0 radical (unpaired) electrons. The fraction of sp³-hybridized carbons (Fsp3) is 0.545. The molecule has 0 spiro atoms. The van der Waals surface area contributed by atoms with Gasteiger partial charge in [0.1, 0.15) is 5.15 Å². The van der Waals surface area contributed by atoms with Crippen LogP contribution in [0.1, 0.15) is 19.5 Å². The Bertz CT molecular complexity index is 388. The lowest BCUT2D eigenvalue weighted by atomic mass is 9.95. The lowest BCUT2D eigenvalue weighted by molar-refractivity contribution is -0.120. The number of hydrogen-bond acceptors (Lipinski definition) is 4. The Morgan fingerprint density at radius 3 is 2.65 bits per heavy atom. The summed E-state index contributed by atoms with van der Waals surface area (Å²) in [5.41, 5.74) is 6.26. The zero-order chi connectivity index (χ0) is 13.0. The van der Waals surface area contributed by atoms with E-state index in [0.29, 0.717) is 17.4 Å². The number of rotatable bonds is 4. The van der Waals surface area contributed by atoms with Gasteiger partial charge < -0.3 is 5.73 Å². The number of aromatic nitrogens is 2. The lowest BCUT2D eigenvalue weighted by Gasteiger charge is -2.17. The normalized spacial score (nSPS) is 12.6. The van der Waals surface area contributed by atoms with Gasteiger partial charge in [0.2, 0.25) is 11.9 Å². The van der Waals surface area contributed by atoms with E-state index in [0.717, 1.165) is 0 Å². The summed E-state index contributed by atoms with van der Waals surface area (Å²) in [6.07, 6.45) is 0. The van der Waals surface area contributed by atoms with E-state index in [-0.39, 0.29) is 23.7 Å². The molecule has 3 N–H and O–H groups in total. The van der Waals surface area contributed by atoms with Gasteiger partial charge >= 0.3 is 0 Å². The van der Waals surface area contributed by atoms with Crippen molar-refractivity contribution in [3.05, 3.63) is 16.9 Å². The van der Waals surface area contributed by atoms with E-state index < -0.39 is 0 Å². The van der Waals surface area contributed by atoms with Crippen molar-refractivity contribution in [1.29, 1.82) is 0 Å². The van der Waals surface area contributed by atoms with Crippen molar-refractivity contribution in [2.45, 2.75) is 20.8 Å². The van der Waals surface area contributed by atoms with Crippen molar-refractivity contribution in [2.75, 3.05) is 11.9 Å². The van der Waals surface area contributed by atoms with Crippen molar-refractivity contribution in [1.82, 2.24) is 9.97 Å². The van der Waals surface area contributed by atoms with E-state index in [2.05, 4.69) is 15.3 Å². The van der Waals surface area contributed by atoms with Crippen molar-refractivity contribution in [3.8, 4) is 0 Å². The van der Waals surface area contributed by atoms with Crippen LogP contribution in [0.25, 0.3) is 0 Å². The van der Waals surface area contributed by atoms with Crippen LogP contribution in [0.4, 0.5) is 5.95 Å². The van der Waals surface area contributed by atoms with E-state index >= 15 is 0 Å². The molecule has 1 aromatic heterocycles. The van der Waals surface area contributed by atoms with Crippen molar-refractivity contribution in [3.63, 3.8) is 0 Å². The first-order valence-corrected chi connectivity index (χ1v) is 5.84. The zero-order valence-electron chi connectivity index (χ0n) is 10.2. The molecular weight excluding hydrogens is 240 g/mol. The van der Waals surface area contributed by atoms with Crippen LogP contribution in [0.3, 0.4) is 0 Å². The molecule has 1 heterocycles. The van der Waals surface area contributed by atoms with Gasteiger partial charge in [-0.15, -0.1) is 0 Å². The maximum absolute atomic E-state index is 11.9. The molecule has 0 aliphatic rings. The van der Waals surface area contributed by atoms with Crippen LogP contribution in [0.5, 0.6) is 0 Å². The Morgan fingerprint density at radius 2 is 2.18 bits per heavy atom. The van der Waals surface area contributed by atoms with Gasteiger partial charge in [-0.25, -0.2) is 9.97 Å². The Kier molecular flexibility index (Phi) is 4.84.